The molecular weight excluding hydrogens is 478 g/mol. The third kappa shape index (κ3) is 4.20. The predicted molar refractivity (Wildman–Crippen MR) is 127 cm³/mol. The third-order valence-corrected chi connectivity index (χ3v) is 7.73. The molecule has 174 valence electrons. The highest BCUT2D eigenvalue weighted by Gasteiger charge is 2.31. The number of aromatic amines is 1. The molecule has 4 aromatic rings. The summed E-state index contributed by atoms with van der Waals surface area (Å²) in [6.45, 7) is 1.07. The Morgan fingerprint density at radius 3 is 2.38 bits per heavy atom. The molecule has 0 spiro atoms. The first kappa shape index (κ1) is 22.3. The summed E-state index contributed by atoms with van der Waals surface area (Å²) in [6.07, 6.45) is 6.65. The number of hydrogen-bond donors (Lipinski definition) is 2. The van der Waals surface area contributed by atoms with E-state index in [-0.39, 0.29) is 29.8 Å². The Labute approximate surface area is 200 Å². The Kier molecular flexibility index (Phi) is 5.90. The molecule has 1 aliphatic heterocycles. The maximum absolute atomic E-state index is 13.2. The van der Waals surface area contributed by atoms with Crippen molar-refractivity contribution in [1.82, 2.24) is 29.1 Å². The van der Waals surface area contributed by atoms with Gasteiger partial charge >= 0.3 is 0 Å². The maximum atomic E-state index is 13.2. The van der Waals surface area contributed by atoms with Gasteiger partial charge < -0.3 is 15.1 Å². The lowest BCUT2D eigenvalue weighted by Crippen LogP contribution is -2.51. The molecule has 2 N–H and O–H groups in total. The van der Waals surface area contributed by atoms with Crippen LogP contribution >= 0.6 is 11.6 Å². The Bertz CT molecular complexity index is 1450. The average molecular weight is 498 g/mol. The molecule has 34 heavy (non-hydrogen) atoms. The largest absolute Gasteiger partial charge is 0.409 e. The predicted octanol–water partition coefficient (Wildman–Crippen LogP) is 2.82. The van der Waals surface area contributed by atoms with Gasteiger partial charge in [0.05, 0.1) is 0 Å². The number of nitrogens with zero attached hydrogens (tertiary/aromatic N) is 6. The number of amidine groups is 1. The van der Waals surface area contributed by atoms with Crippen molar-refractivity contribution in [2.45, 2.75) is 5.03 Å². The Morgan fingerprint density at radius 1 is 1.00 bits per heavy atom. The summed E-state index contributed by atoms with van der Waals surface area (Å²) in [5, 5.41) is 14.4. The molecule has 1 fully saturated rings. The molecule has 1 aromatic carbocycles. The second-order valence-corrected chi connectivity index (χ2v) is 10.1. The highest BCUT2D eigenvalue weighted by atomic mass is 35.5. The molecule has 1 aliphatic rings. The molecule has 0 unspecified atom stereocenters. The lowest BCUT2D eigenvalue weighted by molar-refractivity contribution is 0.248. The van der Waals surface area contributed by atoms with Crippen molar-refractivity contribution in [2.24, 2.45) is 5.16 Å². The Balaban J connectivity index is 1.29. The number of piperazine rings is 1. The molecule has 0 aliphatic carbocycles. The molecule has 1 saturated heterocycles. The molecule has 0 radical (unpaired) electrons. The monoisotopic (exact) mass is 497 g/mol. The Hall–Kier alpha value is -3.54. The topological polar surface area (TPSA) is 128 Å². The average Bonchev–Trinajstić information content (AvgIpc) is 3.30. The van der Waals surface area contributed by atoms with Crippen LogP contribution in [0.4, 0.5) is 0 Å². The van der Waals surface area contributed by atoms with Crippen LogP contribution in [0.5, 0.6) is 0 Å². The molecule has 12 heteroatoms. The number of sulfonamides is 1. The molecule has 10 nitrogen and oxygen atoms in total. The quantitative estimate of drug-likeness (QED) is 0.192. The van der Waals surface area contributed by atoms with E-state index in [4.69, 9.17) is 11.6 Å². The van der Waals surface area contributed by atoms with E-state index in [1.165, 1.54) is 4.31 Å². The van der Waals surface area contributed by atoms with Gasteiger partial charge in [0.2, 0.25) is 5.84 Å². The van der Waals surface area contributed by atoms with Crippen molar-refractivity contribution in [3.63, 3.8) is 0 Å². The van der Waals surface area contributed by atoms with E-state index in [0.717, 1.165) is 16.5 Å². The first-order valence-corrected chi connectivity index (χ1v) is 12.3. The van der Waals surface area contributed by atoms with Gasteiger partial charge in [0.1, 0.15) is 5.03 Å². The van der Waals surface area contributed by atoms with Crippen molar-refractivity contribution in [3.8, 4) is 11.1 Å². The fourth-order valence-corrected chi connectivity index (χ4v) is 5.50. The van der Waals surface area contributed by atoms with Crippen LogP contribution in [0, 0.1) is 0 Å². The summed E-state index contributed by atoms with van der Waals surface area (Å²) in [5.74, 6) is 0.447. The molecular formula is C22H20ClN7O3S. The van der Waals surface area contributed by atoms with Crippen molar-refractivity contribution in [1.29, 1.82) is 0 Å². The second kappa shape index (κ2) is 9.01. The van der Waals surface area contributed by atoms with E-state index in [2.05, 4.69) is 25.1 Å². The summed E-state index contributed by atoms with van der Waals surface area (Å²) >= 11 is 6.02. The van der Waals surface area contributed by atoms with Gasteiger partial charge in [-0.1, -0.05) is 16.8 Å². The number of H-pyrrole nitrogens is 1. The SMILES string of the molecule is O=S(=O)(c1cc2cc(Cl)ccc2[nH]1)N1CCN(/C(=N/O)c2ncc(-c3ccncc3)cn2)CC1. The van der Waals surface area contributed by atoms with Crippen LogP contribution in [0.2, 0.25) is 5.02 Å². The summed E-state index contributed by atoms with van der Waals surface area (Å²) in [4.78, 5) is 17.4. The minimum Gasteiger partial charge on any atom is -0.409 e. The maximum Gasteiger partial charge on any atom is 0.258 e. The van der Waals surface area contributed by atoms with E-state index < -0.39 is 10.0 Å². The number of benzene rings is 1. The van der Waals surface area contributed by atoms with Crippen LogP contribution in [0.15, 0.2) is 71.4 Å². The van der Waals surface area contributed by atoms with Crippen LogP contribution in [0.1, 0.15) is 5.82 Å². The van der Waals surface area contributed by atoms with Gasteiger partial charge in [-0.25, -0.2) is 18.4 Å². The van der Waals surface area contributed by atoms with Crippen molar-refractivity contribution < 1.29 is 13.6 Å². The standard InChI is InChI=1S/C22H20ClN7O3S/c23-18-1-2-19-16(11-18)12-20(27-19)34(32,33)30-9-7-29(8-10-30)22(28-31)21-25-13-17(14-26-21)15-3-5-24-6-4-15/h1-6,11-14,27,31H,7-10H2/b28-22+. The highest BCUT2D eigenvalue weighted by Crippen LogP contribution is 2.25. The van der Waals surface area contributed by atoms with Gasteiger partial charge in [0.25, 0.3) is 10.0 Å². The number of halogens is 1. The number of rotatable bonds is 4. The van der Waals surface area contributed by atoms with Crippen LogP contribution in [0.25, 0.3) is 22.0 Å². The van der Waals surface area contributed by atoms with E-state index in [0.29, 0.717) is 23.6 Å². The fraction of sp³-hybridized carbons (Fsp3) is 0.182. The molecule has 0 amide bonds. The van der Waals surface area contributed by atoms with Crippen molar-refractivity contribution in [3.05, 3.63) is 72.0 Å². The molecule has 0 saturated carbocycles. The van der Waals surface area contributed by atoms with Crippen LogP contribution in [-0.2, 0) is 10.0 Å². The third-order valence-electron chi connectivity index (χ3n) is 5.67. The fourth-order valence-electron chi connectivity index (χ4n) is 3.88. The number of pyridine rings is 1. The summed E-state index contributed by atoms with van der Waals surface area (Å²) in [6, 6.07) is 10.5. The van der Waals surface area contributed by atoms with Gasteiger partial charge in [-0.3, -0.25) is 4.98 Å². The first-order valence-electron chi connectivity index (χ1n) is 10.4. The number of hydrogen-bond acceptors (Lipinski definition) is 7. The molecule has 5 rings (SSSR count). The minimum atomic E-state index is -3.72. The van der Waals surface area contributed by atoms with Gasteiger partial charge in [-0.15, -0.1) is 0 Å². The minimum absolute atomic E-state index is 0.115. The number of fused-ring (bicyclic) bond motifs is 1. The molecule has 0 atom stereocenters. The second-order valence-electron chi connectivity index (χ2n) is 7.71. The summed E-state index contributed by atoms with van der Waals surface area (Å²) < 4.78 is 27.7. The lowest BCUT2D eigenvalue weighted by atomic mass is 10.1. The van der Waals surface area contributed by atoms with Crippen molar-refractivity contribution in [2.75, 3.05) is 26.2 Å². The zero-order valence-electron chi connectivity index (χ0n) is 17.8. The van der Waals surface area contributed by atoms with E-state index in [9.17, 15) is 13.6 Å². The molecule has 4 heterocycles. The zero-order valence-corrected chi connectivity index (χ0v) is 19.4. The van der Waals surface area contributed by atoms with E-state index >= 15 is 0 Å². The van der Waals surface area contributed by atoms with Crippen LogP contribution in [0.3, 0.4) is 0 Å². The number of nitrogens with one attached hydrogen (secondary N) is 1. The first-order chi connectivity index (χ1) is 16.5. The van der Waals surface area contributed by atoms with Gasteiger partial charge in [-0.05, 0) is 42.0 Å². The number of aromatic nitrogens is 4. The summed E-state index contributed by atoms with van der Waals surface area (Å²) in [5.41, 5.74) is 2.42. The van der Waals surface area contributed by atoms with Gasteiger partial charge in [0.15, 0.2) is 5.82 Å². The van der Waals surface area contributed by atoms with Gasteiger partial charge in [0, 0.05) is 72.5 Å². The molecule has 3 aromatic heterocycles. The van der Waals surface area contributed by atoms with Crippen molar-refractivity contribution >= 4 is 38.4 Å². The highest BCUT2D eigenvalue weighted by molar-refractivity contribution is 7.89. The van der Waals surface area contributed by atoms with E-state index in [1.807, 2.05) is 12.1 Å². The van der Waals surface area contributed by atoms with Crippen LogP contribution in [-0.4, -0.2) is 74.8 Å². The lowest BCUT2D eigenvalue weighted by Gasteiger charge is -2.34. The molecule has 0 bridgehead atoms. The van der Waals surface area contributed by atoms with Gasteiger partial charge in [-0.2, -0.15) is 4.31 Å². The summed E-state index contributed by atoms with van der Waals surface area (Å²) in [7, 11) is -3.72. The smallest absolute Gasteiger partial charge is 0.258 e. The van der Waals surface area contributed by atoms with Crippen LogP contribution < -0.4 is 0 Å². The zero-order chi connectivity index (χ0) is 23.7. The number of oxime groups is 1. The van der Waals surface area contributed by atoms with E-state index in [1.54, 1.807) is 54.0 Å². The normalized spacial score (nSPS) is 15.7. The Morgan fingerprint density at radius 2 is 1.71 bits per heavy atom.